The summed E-state index contributed by atoms with van der Waals surface area (Å²) in [6.07, 6.45) is 4.58. The highest BCUT2D eigenvalue weighted by Gasteiger charge is 2.53. The minimum Gasteiger partial charge on any atom is -0.360 e. The highest BCUT2D eigenvalue weighted by Crippen LogP contribution is 2.39. The van der Waals surface area contributed by atoms with Gasteiger partial charge in [-0.3, -0.25) is 0 Å². The van der Waals surface area contributed by atoms with Gasteiger partial charge in [-0.1, -0.05) is 5.92 Å². The average Bonchev–Trinajstić information content (AvgIpc) is 2.76. The third kappa shape index (κ3) is 3.30. The van der Waals surface area contributed by atoms with Crippen LogP contribution < -0.4 is 0 Å². The molecule has 124 valence electrons. The van der Waals surface area contributed by atoms with Gasteiger partial charge in [0, 0.05) is 6.42 Å². The lowest BCUT2D eigenvalue weighted by Crippen LogP contribution is -2.62. The smallest absolute Gasteiger partial charge is 0.166 e. The summed E-state index contributed by atoms with van der Waals surface area (Å²) in [6.45, 7) is 8.14. The van der Waals surface area contributed by atoms with Gasteiger partial charge < -0.3 is 28.4 Å². The summed E-state index contributed by atoms with van der Waals surface area (Å²) in [4.78, 5) is 0. The molecule has 6 nitrogen and oxygen atoms in total. The number of terminal acetylenes is 1. The standard InChI is InChI=1S/C16H24O6/c1-6-7-17-13-10-8-12(22-16(4,5)20-10)19-14(13)11-9-18-15(2,3)21-11/h1,10-14H,7-9H2,2-5H3/t10-,11?,12-,13-,14-/m1/s1. The van der Waals surface area contributed by atoms with Crippen molar-refractivity contribution in [3.63, 3.8) is 0 Å². The van der Waals surface area contributed by atoms with Gasteiger partial charge in [0.25, 0.3) is 0 Å². The topological polar surface area (TPSA) is 55.4 Å². The average molecular weight is 312 g/mol. The Balaban J connectivity index is 1.78. The molecule has 0 aliphatic carbocycles. The summed E-state index contributed by atoms with van der Waals surface area (Å²) in [7, 11) is 0. The summed E-state index contributed by atoms with van der Waals surface area (Å²) in [5.74, 6) is 1.17. The third-order valence-electron chi connectivity index (χ3n) is 4.03. The van der Waals surface area contributed by atoms with Crippen molar-refractivity contribution in [1.29, 1.82) is 0 Å². The summed E-state index contributed by atoms with van der Waals surface area (Å²) in [5.41, 5.74) is 0. The van der Waals surface area contributed by atoms with Crippen molar-refractivity contribution in [1.82, 2.24) is 0 Å². The van der Waals surface area contributed by atoms with E-state index < -0.39 is 11.6 Å². The molecule has 0 spiro atoms. The van der Waals surface area contributed by atoms with Crippen LogP contribution in [0, 0.1) is 12.3 Å². The Labute approximate surface area is 131 Å². The molecule has 1 unspecified atom stereocenters. The van der Waals surface area contributed by atoms with E-state index in [9.17, 15) is 0 Å². The van der Waals surface area contributed by atoms with E-state index in [0.717, 1.165) is 0 Å². The predicted molar refractivity (Wildman–Crippen MR) is 76.8 cm³/mol. The van der Waals surface area contributed by atoms with E-state index in [4.69, 9.17) is 34.8 Å². The van der Waals surface area contributed by atoms with Crippen LogP contribution in [0.4, 0.5) is 0 Å². The van der Waals surface area contributed by atoms with Crippen molar-refractivity contribution < 1.29 is 28.4 Å². The maximum Gasteiger partial charge on any atom is 0.166 e. The number of fused-ring (bicyclic) bond motifs is 2. The number of hydrogen-bond acceptors (Lipinski definition) is 6. The van der Waals surface area contributed by atoms with Crippen LogP contribution in [0.15, 0.2) is 0 Å². The van der Waals surface area contributed by atoms with Crippen molar-refractivity contribution in [3.05, 3.63) is 0 Å². The summed E-state index contributed by atoms with van der Waals surface area (Å²) in [5, 5.41) is 0. The maximum atomic E-state index is 6.08. The van der Waals surface area contributed by atoms with Gasteiger partial charge in [0.15, 0.2) is 17.9 Å². The molecule has 0 N–H and O–H groups in total. The molecule has 0 saturated carbocycles. The molecule has 2 bridgehead atoms. The molecule has 0 aromatic rings. The van der Waals surface area contributed by atoms with Gasteiger partial charge in [-0.2, -0.15) is 0 Å². The first-order valence-electron chi connectivity index (χ1n) is 7.68. The first-order valence-corrected chi connectivity index (χ1v) is 7.68. The van der Waals surface area contributed by atoms with E-state index in [1.54, 1.807) is 0 Å². The van der Waals surface area contributed by atoms with Crippen LogP contribution in [0.1, 0.15) is 34.1 Å². The van der Waals surface area contributed by atoms with Crippen LogP contribution in [0.5, 0.6) is 0 Å². The largest absolute Gasteiger partial charge is 0.360 e. The number of hydrogen-bond donors (Lipinski definition) is 0. The molecular weight excluding hydrogens is 288 g/mol. The van der Waals surface area contributed by atoms with Crippen molar-refractivity contribution >= 4 is 0 Å². The number of rotatable bonds is 3. The molecule has 6 heteroatoms. The fourth-order valence-corrected chi connectivity index (χ4v) is 3.27. The molecule has 3 fully saturated rings. The van der Waals surface area contributed by atoms with E-state index >= 15 is 0 Å². The van der Waals surface area contributed by atoms with E-state index in [2.05, 4.69) is 5.92 Å². The van der Waals surface area contributed by atoms with Gasteiger partial charge >= 0.3 is 0 Å². The molecule has 3 rings (SSSR count). The van der Waals surface area contributed by atoms with Crippen molar-refractivity contribution in [2.24, 2.45) is 0 Å². The van der Waals surface area contributed by atoms with E-state index in [0.29, 0.717) is 13.0 Å². The summed E-state index contributed by atoms with van der Waals surface area (Å²) < 4.78 is 35.3. The first kappa shape index (κ1) is 16.2. The van der Waals surface area contributed by atoms with E-state index in [-0.39, 0.29) is 37.3 Å². The van der Waals surface area contributed by atoms with Crippen LogP contribution >= 0.6 is 0 Å². The minimum atomic E-state index is -0.706. The van der Waals surface area contributed by atoms with E-state index in [1.807, 2.05) is 27.7 Å². The van der Waals surface area contributed by atoms with Crippen molar-refractivity contribution in [2.45, 2.75) is 76.4 Å². The first-order chi connectivity index (χ1) is 10.3. The number of ether oxygens (including phenoxy) is 6. The Morgan fingerprint density at radius 3 is 2.45 bits per heavy atom. The van der Waals surface area contributed by atoms with Gasteiger partial charge in [-0.05, 0) is 27.7 Å². The lowest BCUT2D eigenvalue weighted by molar-refractivity contribution is -0.408. The van der Waals surface area contributed by atoms with Gasteiger partial charge in [0.05, 0.1) is 12.7 Å². The van der Waals surface area contributed by atoms with Gasteiger partial charge in [-0.15, -0.1) is 6.42 Å². The zero-order valence-corrected chi connectivity index (χ0v) is 13.5. The van der Waals surface area contributed by atoms with Gasteiger partial charge in [-0.25, -0.2) is 0 Å². The molecule has 3 aliphatic heterocycles. The highest BCUT2D eigenvalue weighted by atomic mass is 16.8. The van der Waals surface area contributed by atoms with Crippen LogP contribution in [0.3, 0.4) is 0 Å². The van der Waals surface area contributed by atoms with E-state index in [1.165, 1.54) is 0 Å². The monoisotopic (exact) mass is 312 g/mol. The molecule has 0 radical (unpaired) electrons. The molecule has 0 aromatic carbocycles. The SMILES string of the molecule is C#CCO[C@H]1[C@@H](C2COC(C)(C)O2)O[C@H]2C[C@H]1OC(C)(C)O2. The van der Waals surface area contributed by atoms with Crippen LogP contribution in [-0.4, -0.2) is 55.5 Å². The Hall–Kier alpha value is -0.680. The fraction of sp³-hybridized carbons (Fsp3) is 0.875. The Kier molecular flexibility index (Phi) is 4.23. The Morgan fingerprint density at radius 2 is 1.82 bits per heavy atom. The molecule has 0 aromatic heterocycles. The zero-order chi connectivity index (χ0) is 16.0. The normalized spacial score (nSPS) is 42.8. The van der Waals surface area contributed by atoms with Crippen LogP contribution in [0.2, 0.25) is 0 Å². The summed E-state index contributed by atoms with van der Waals surface area (Å²) >= 11 is 0. The molecule has 3 heterocycles. The van der Waals surface area contributed by atoms with Gasteiger partial charge in [0.1, 0.15) is 24.9 Å². The molecule has 5 atom stereocenters. The second kappa shape index (κ2) is 5.75. The molecule has 22 heavy (non-hydrogen) atoms. The molecule has 3 saturated heterocycles. The lowest BCUT2D eigenvalue weighted by Gasteiger charge is -2.50. The van der Waals surface area contributed by atoms with Crippen LogP contribution in [-0.2, 0) is 28.4 Å². The highest BCUT2D eigenvalue weighted by molar-refractivity contribution is 4.96. The van der Waals surface area contributed by atoms with Crippen LogP contribution in [0.25, 0.3) is 0 Å². The maximum absolute atomic E-state index is 6.08. The Bertz CT molecular complexity index is 454. The second-order valence-corrected chi connectivity index (χ2v) is 6.79. The Morgan fingerprint density at radius 1 is 1.09 bits per heavy atom. The van der Waals surface area contributed by atoms with Crippen molar-refractivity contribution in [2.75, 3.05) is 13.2 Å². The minimum absolute atomic E-state index is 0.145. The lowest BCUT2D eigenvalue weighted by atomic mass is 9.95. The predicted octanol–water partition coefficient (Wildman–Crippen LogP) is 1.42. The molecular formula is C16H24O6. The second-order valence-electron chi connectivity index (χ2n) is 6.79. The van der Waals surface area contributed by atoms with Gasteiger partial charge in [0.2, 0.25) is 0 Å². The quantitative estimate of drug-likeness (QED) is 0.735. The summed E-state index contributed by atoms with van der Waals surface area (Å²) in [6, 6.07) is 0. The zero-order valence-electron chi connectivity index (χ0n) is 13.5. The van der Waals surface area contributed by atoms with Crippen molar-refractivity contribution in [3.8, 4) is 12.3 Å². The third-order valence-corrected chi connectivity index (χ3v) is 4.03. The fourth-order valence-electron chi connectivity index (χ4n) is 3.27. The molecule has 3 aliphatic rings. The molecule has 0 amide bonds.